The van der Waals surface area contributed by atoms with Crippen LogP contribution in [0.4, 0.5) is 5.13 Å². The molecule has 0 atom stereocenters. The van der Waals surface area contributed by atoms with E-state index in [0.29, 0.717) is 0 Å². The van der Waals surface area contributed by atoms with Gasteiger partial charge in [0.2, 0.25) is 0 Å². The Balaban J connectivity index is 2.58. The number of thiazole rings is 1. The van der Waals surface area contributed by atoms with Gasteiger partial charge in [0.1, 0.15) is 0 Å². The summed E-state index contributed by atoms with van der Waals surface area (Å²) >= 11 is 1.38. The summed E-state index contributed by atoms with van der Waals surface area (Å²) in [6.07, 6.45) is 1.65. The topological polar surface area (TPSA) is 62.2 Å². The van der Waals surface area contributed by atoms with Crippen LogP contribution in [-0.4, -0.2) is 22.6 Å². The Kier molecular flexibility index (Phi) is 3.04. The van der Waals surface area contributed by atoms with Gasteiger partial charge in [-0.15, -0.1) is 11.3 Å². The molecule has 0 aromatic carbocycles. The van der Waals surface area contributed by atoms with E-state index in [4.69, 9.17) is 5.11 Å². The highest BCUT2D eigenvalue weighted by Crippen LogP contribution is 2.17. The largest absolute Gasteiger partial charge is 0.481 e. The van der Waals surface area contributed by atoms with Crippen LogP contribution in [0.25, 0.3) is 0 Å². The number of hydrogen-bond acceptors (Lipinski definition) is 4. The third-order valence-electron chi connectivity index (χ3n) is 1.21. The highest BCUT2D eigenvalue weighted by Gasteiger charge is 2.04. The molecule has 1 aromatic heterocycles. The van der Waals surface area contributed by atoms with Crippen LogP contribution in [0, 0.1) is 0 Å². The predicted molar refractivity (Wildman–Crippen MR) is 47.6 cm³/mol. The van der Waals surface area contributed by atoms with E-state index < -0.39 is 5.97 Å². The molecule has 0 amide bonds. The standard InChI is InChI=1S/C7H10N2O2S/c1-2-8-7-9-4-5(12-7)3-6(10)11/h4H,2-3H2,1H3,(H,8,9)(H,10,11). The fourth-order valence-corrected chi connectivity index (χ4v) is 1.64. The lowest BCUT2D eigenvalue weighted by molar-refractivity contribution is -0.136. The van der Waals surface area contributed by atoms with E-state index in [9.17, 15) is 4.79 Å². The van der Waals surface area contributed by atoms with Crippen molar-refractivity contribution in [3.63, 3.8) is 0 Å². The summed E-state index contributed by atoms with van der Waals surface area (Å²) in [5.74, 6) is -0.818. The molecule has 66 valence electrons. The molecule has 4 nitrogen and oxygen atoms in total. The molecule has 0 radical (unpaired) electrons. The lowest BCUT2D eigenvalue weighted by Crippen LogP contribution is -1.97. The Morgan fingerprint density at radius 1 is 1.83 bits per heavy atom. The molecular weight excluding hydrogens is 176 g/mol. The summed E-state index contributed by atoms with van der Waals surface area (Å²) in [5.41, 5.74) is 0. The van der Waals surface area contributed by atoms with Crippen LogP contribution in [0.5, 0.6) is 0 Å². The third kappa shape index (κ3) is 2.50. The van der Waals surface area contributed by atoms with Crippen molar-refractivity contribution in [2.45, 2.75) is 13.3 Å². The molecule has 1 aromatic rings. The van der Waals surface area contributed by atoms with E-state index >= 15 is 0 Å². The molecule has 0 unspecified atom stereocenters. The Morgan fingerprint density at radius 2 is 2.58 bits per heavy atom. The average molecular weight is 186 g/mol. The van der Waals surface area contributed by atoms with Gasteiger partial charge in [0.15, 0.2) is 5.13 Å². The number of carboxylic acid groups (broad SMARTS) is 1. The SMILES string of the molecule is CCNc1ncc(CC(=O)O)s1. The maximum Gasteiger partial charge on any atom is 0.308 e. The van der Waals surface area contributed by atoms with Gasteiger partial charge in [-0.2, -0.15) is 0 Å². The molecular formula is C7H10N2O2S. The molecule has 0 aliphatic rings. The number of anilines is 1. The minimum absolute atomic E-state index is 0.0586. The van der Waals surface area contributed by atoms with E-state index in [-0.39, 0.29) is 6.42 Å². The number of aromatic nitrogens is 1. The van der Waals surface area contributed by atoms with Crippen LogP contribution in [0.15, 0.2) is 6.20 Å². The zero-order valence-corrected chi connectivity index (χ0v) is 7.52. The summed E-state index contributed by atoms with van der Waals surface area (Å²) in [4.78, 5) is 15.1. The minimum Gasteiger partial charge on any atom is -0.481 e. The van der Waals surface area contributed by atoms with Gasteiger partial charge in [-0.25, -0.2) is 4.98 Å². The molecule has 0 aliphatic carbocycles. The van der Waals surface area contributed by atoms with Crippen LogP contribution < -0.4 is 5.32 Å². The highest BCUT2D eigenvalue weighted by atomic mass is 32.1. The number of carboxylic acids is 1. The van der Waals surface area contributed by atoms with Gasteiger partial charge in [-0.05, 0) is 6.92 Å². The molecule has 0 fully saturated rings. The molecule has 1 rings (SSSR count). The molecule has 5 heteroatoms. The first-order valence-electron chi connectivity index (χ1n) is 3.62. The van der Waals surface area contributed by atoms with Crippen molar-refractivity contribution in [3.8, 4) is 0 Å². The van der Waals surface area contributed by atoms with Gasteiger partial charge < -0.3 is 10.4 Å². The molecule has 2 N–H and O–H groups in total. The second-order valence-electron chi connectivity index (χ2n) is 2.23. The van der Waals surface area contributed by atoms with E-state index in [1.807, 2.05) is 6.92 Å². The van der Waals surface area contributed by atoms with Gasteiger partial charge in [0.25, 0.3) is 0 Å². The lowest BCUT2D eigenvalue weighted by Gasteiger charge is -1.92. The van der Waals surface area contributed by atoms with Crippen molar-refractivity contribution in [3.05, 3.63) is 11.1 Å². The van der Waals surface area contributed by atoms with Crippen LogP contribution in [0.2, 0.25) is 0 Å². The van der Waals surface area contributed by atoms with Crippen LogP contribution >= 0.6 is 11.3 Å². The zero-order valence-electron chi connectivity index (χ0n) is 6.70. The Hall–Kier alpha value is -1.10. The van der Waals surface area contributed by atoms with Crippen LogP contribution in [0.3, 0.4) is 0 Å². The maximum absolute atomic E-state index is 10.3. The highest BCUT2D eigenvalue weighted by molar-refractivity contribution is 7.15. The second kappa shape index (κ2) is 4.06. The monoisotopic (exact) mass is 186 g/mol. The van der Waals surface area contributed by atoms with Crippen molar-refractivity contribution >= 4 is 22.4 Å². The van der Waals surface area contributed by atoms with Gasteiger partial charge in [-0.3, -0.25) is 4.79 Å². The first-order chi connectivity index (χ1) is 5.72. The first kappa shape index (κ1) is 8.99. The summed E-state index contributed by atoms with van der Waals surface area (Å²) in [7, 11) is 0. The molecule has 0 bridgehead atoms. The summed E-state index contributed by atoms with van der Waals surface area (Å²) in [6, 6.07) is 0. The van der Waals surface area contributed by atoms with Crippen LogP contribution in [-0.2, 0) is 11.2 Å². The minimum atomic E-state index is -0.818. The van der Waals surface area contributed by atoms with E-state index in [1.165, 1.54) is 11.3 Å². The Morgan fingerprint density at radius 3 is 3.17 bits per heavy atom. The zero-order chi connectivity index (χ0) is 8.97. The van der Waals surface area contributed by atoms with E-state index in [1.54, 1.807) is 6.20 Å². The van der Waals surface area contributed by atoms with Gasteiger partial charge in [-0.1, -0.05) is 0 Å². The van der Waals surface area contributed by atoms with Gasteiger partial charge in [0, 0.05) is 17.6 Å². The summed E-state index contributed by atoms with van der Waals surface area (Å²) < 4.78 is 0. The van der Waals surface area contributed by atoms with Gasteiger partial charge >= 0.3 is 5.97 Å². The Bertz CT molecular complexity index is 272. The second-order valence-corrected chi connectivity index (χ2v) is 3.35. The van der Waals surface area contributed by atoms with Crippen molar-refractivity contribution in [2.75, 3.05) is 11.9 Å². The average Bonchev–Trinajstić information content (AvgIpc) is 2.36. The first-order valence-corrected chi connectivity index (χ1v) is 4.44. The van der Waals surface area contributed by atoms with Crippen molar-refractivity contribution < 1.29 is 9.90 Å². The maximum atomic E-state index is 10.3. The van der Waals surface area contributed by atoms with Crippen molar-refractivity contribution in [1.29, 1.82) is 0 Å². The smallest absolute Gasteiger partial charge is 0.308 e. The van der Waals surface area contributed by atoms with Crippen molar-refractivity contribution in [2.24, 2.45) is 0 Å². The van der Waals surface area contributed by atoms with Crippen molar-refractivity contribution in [1.82, 2.24) is 4.98 Å². The molecule has 0 aliphatic heterocycles. The number of carbonyl (C=O) groups is 1. The van der Waals surface area contributed by atoms with Crippen LogP contribution in [0.1, 0.15) is 11.8 Å². The normalized spacial score (nSPS) is 9.75. The fourth-order valence-electron chi connectivity index (χ4n) is 0.771. The quantitative estimate of drug-likeness (QED) is 0.741. The molecule has 0 saturated heterocycles. The fraction of sp³-hybridized carbons (Fsp3) is 0.429. The number of hydrogen-bond donors (Lipinski definition) is 2. The summed E-state index contributed by atoms with van der Waals surface area (Å²) in [6.45, 7) is 2.78. The molecule has 12 heavy (non-hydrogen) atoms. The molecule has 0 saturated carbocycles. The number of nitrogens with one attached hydrogen (secondary N) is 1. The number of nitrogens with zero attached hydrogens (tertiary/aromatic N) is 1. The summed E-state index contributed by atoms with van der Waals surface area (Å²) in [5, 5.41) is 12.3. The van der Waals surface area contributed by atoms with Gasteiger partial charge in [0.05, 0.1) is 6.42 Å². The van der Waals surface area contributed by atoms with E-state index in [0.717, 1.165) is 16.6 Å². The Labute approximate surface area is 74.3 Å². The number of rotatable bonds is 4. The van der Waals surface area contributed by atoms with E-state index in [2.05, 4.69) is 10.3 Å². The predicted octanol–water partition coefficient (Wildman–Crippen LogP) is 1.20. The molecule has 0 spiro atoms. The number of aliphatic carboxylic acids is 1. The molecule has 1 heterocycles. The lowest BCUT2D eigenvalue weighted by atomic mass is 10.4. The third-order valence-corrected chi connectivity index (χ3v) is 2.16.